The van der Waals surface area contributed by atoms with E-state index in [1.165, 1.54) is 26.2 Å². The molecule has 0 atom stereocenters. The maximum atomic E-state index is 2.61. The van der Waals surface area contributed by atoms with E-state index in [2.05, 4.69) is 35.3 Å². The van der Waals surface area contributed by atoms with E-state index in [4.69, 9.17) is 0 Å². The monoisotopic (exact) mass is 385 g/mol. The van der Waals surface area contributed by atoms with E-state index in [0.717, 1.165) is 0 Å². The molecule has 1 rings (SSSR count). The van der Waals surface area contributed by atoms with Gasteiger partial charge in [0.15, 0.2) is 0 Å². The molecule has 10 heavy (non-hydrogen) atoms. The summed E-state index contributed by atoms with van der Waals surface area (Å²) >= 11 is 2.71. The summed E-state index contributed by atoms with van der Waals surface area (Å²) in [7, 11) is 2.02. The van der Waals surface area contributed by atoms with E-state index in [-0.39, 0.29) is 0 Å². The van der Waals surface area contributed by atoms with E-state index >= 15 is 0 Å². The topological polar surface area (TPSA) is 6.48 Å². The molecular weight excluding hydrogens is 374 g/mol. The van der Waals surface area contributed by atoms with Crippen LogP contribution in [0.25, 0.3) is 0 Å². The zero-order valence-electron chi connectivity index (χ0n) is 5.89. The molecule has 62 valence electrons. The molecule has 0 spiro atoms. The van der Waals surface area contributed by atoms with Crippen LogP contribution in [0.1, 0.15) is 0 Å². The van der Waals surface area contributed by atoms with Crippen molar-refractivity contribution in [3.63, 3.8) is 0 Å². The number of piperazine rings is 1. The summed E-state index contributed by atoms with van der Waals surface area (Å²) in [5, 5.41) is 0. The van der Waals surface area contributed by atoms with Gasteiger partial charge >= 0.3 is 90.6 Å². The Hall–Kier alpha value is 1.73. The SMILES string of the molecule is CS[I-]N1CCN(I)CC1. The van der Waals surface area contributed by atoms with Crippen LogP contribution >= 0.6 is 31.8 Å². The second-order valence-corrected chi connectivity index (χ2v) is 9.04. The molecule has 0 amide bonds. The van der Waals surface area contributed by atoms with Crippen LogP contribution in [0, 0.1) is 0 Å². The van der Waals surface area contributed by atoms with Crippen molar-refractivity contribution in [3.05, 3.63) is 0 Å². The van der Waals surface area contributed by atoms with Gasteiger partial charge in [-0.2, -0.15) is 0 Å². The second-order valence-electron chi connectivity index (χ2n) is 2.04. The van der Waals surface area contributed by atoms with E-state index in [1.807, 2.05) is 8.93 Å². The van der Waals surface area contributed by atoms with Crippen molar-refractivity contribution in [2.75, 3.05) is 32.4 Å². The number of rotatable bonds is 2. The first kappa shape index (κ1) is 9.82. The zero-order chi connectivity index (χ0) is 7.40. The molecule has 0 saturated carbocycles. The summed E-state index contributed by atoms with van der Waals surface area (Å²) in [6.45, 7) is 5.08. The van der Waals surface area contributed by atoms with E-state index < -0.39 is 0 Å². The van der Waals surface area contributed by atoms with Crippen molar-refractivity contribution in [1.29, 1.82) is 0 Å². The minimum absolute atomic E-state index is 0.307. The van der Waals surface area contributed by atoms with Gasteiger partial charge in [-0.3, -0.25) is 0 Å². The Morgan fingerprint density at radius 1 is 1.30 bits per heavy atom. The molecule has 1 aliphatic rings. The molecule has 0 radical (unpaired) electrons. The quantitative estimate of drug-likeness (QED) is 0.411. The number of halogens is 2. The van der Waals surface area contributed by atoms with Crippen LogP contribution in [0.2, 0.25) is 0 Å². The van der Waals surface area contributed by atoms with Crippen LogP contribution in [-0.2, 0) is 0 Å². The van der Waals surface area contributed by atoms with Crippen molar-refractivity contribution in [3.8, 4) is 0 Å². The third kappa shape index (κ3) is 3.42. The molecule has 5 heteroatoms. The Morgan fingerprint density at radius 2 is 1.90 bits per heavy atom. The van der Waals surface area contributed by atoms with Crippen LogP contribution < -0.4 is 20.1 Å². The number of hydrogen-bond acceptors (Lipinski definition) is 3. The predicted octanol–water partition coefficient (Wildman–Crippen LogP) is -1.76. The standard InChI is InChI=1S/C5H11I2N2S/c1-10-7-9-4-2-8(6)3-5-9/h2-5H2,1H3/q-1. The van der Waals surface area contributed by atoms with Crippen LogP contribution in [0.3, 0.4) is 0 Å². The van der Waals surface area contributed by atoms with Gasteiger partial charge < -0.3 is 0 Å². The average molecular weight is 385 g/mol. The molecule has 2 nitrogen and oxygen atoms in total. The summed E-state index contributed by atoms with van der Waals surface area (Å²) in [5.41, 5.74) is 0. The molecule has 1 aliphatic heterocycles. The van der Waals surface area contributed by atoms with Crippen molar-refractivity contribution in [1.82, 2.24) is 6.23 Å². The first-order valence-electron chi connectivity index (χ1n) is 3.17. The second kappa shape index (κ2) is 5.39. The molecule has 0 aromatic rings. The Morgan fingerprint density at radius 3 is 2.40 bits per heavy atom. The fourth-order valence-corrected chi connectivity index (χ4v) is 4.87. The summed E-state index contributed by atoms with van der Waals surface area (Å²) < 4.78 is 4.98. The van der Waals surface area contributed by atoms with Gasteiger partial charge in [-0.05, 0) is 0 Å². The van der Waals surface area contributed by atoms with Crippen molar-refractivity contribution < 1.29 is 20.1 Å². The molecule has 0 aromatic heterocycles. The molecule has 0 aromatic carbocycles. The predicted molar refractivity (Wildman–Crippen MR) is 50.7 cm³/mol. The molecule has 0 N–H and O–H groups in total. The van der Waals surface area contributed by atoms with E-state index in [1.54, 1.807) is 0 Å². The van der Waals surface area contributed by atoms with Crippen LogP contribution in [0.15, 0.2) is 0 Å². The van der Waals surface area contributed by atoms with Gasteiger partial charge in [-0.15, -0.1) is 0 Å². The minimum atomic E-state index is 0.307. The molecule has 0 bridgehead atoms. The molecular formula is C5H11I2N2S-. The summed E-state index contributed by atoms with van der Waals surface area (Å²) in [6.07, 6.45) is 2.21. The Kier molecular flexibility index (Phi) is 5.29. The molecule has 0 unspecified atom stereocenters. The fraction of sp³-hybridized carbons (Fsp3) is 1.00. The van der Waals surface area contributed by atoms with Crippen molar-refractivity contribution >= 4 is 31.8 Å². The maximum absolute atomic E-state index is 2.61. The van der Waals surface area contributed by atoms with Gasteiger partial charge in [0.2, 0.25) is 0 Å². The Balaban J connectivity index is 2.13. The van der Waals surface area contributed by atoms with Gasteiger partial charge in [0, 0.05) is 0 Å². The van der Waals surface area contributed by atoms with E-state index in [9.17, 15) is 0 Å². The molecule has 0 aliphatic carbocycles. The summed E-state index contributed by atoms with van der Waals surface area (Å²) in [5.74, 6) is 0. The van der Waals surface area contributed by atoms with Crippen molar-refractivity contribution in [2.45, 2.75) is 0 Å². The average Bonchev–Trinajstić information content (AvgIpc) is 1.95. The zero-order valence-corrected chi connectivity index (χ0v) is 11.0. The summed E-state index contributed by atoms with van der Waals surface area (Å²) in [4.78, 5) is 0. The molecule has 1 fully saturated rings. The fourth-order valence-electron chi connectivity index (χ4n) is 0.824. The first-order chi connectivity index (χ1) is 4.83. The van der Waals surface area contributed by atoms with Crippen LogP contribution in [0.4, 0.5) is 0 Å². The number of nitrogens with zero attached hydrogens (tertiary/aromatic N) is 2. The van der Waals surface area contributed by atoms with Gasteiger partial charge in [0.05, 0.1) is 0 Å². The molecule has 1 heterocycles. The number of hydrogen-bond donors (Lipinski definition) is 0. The Bertz CT molecular complexity index is 95.6. The third-order valence-corrected chi connectivity index (χ3v) is 6.45. The van der Waals surface area contributed by atoms with Gasteiger partial charge in [0.25, 0.3) is 0 Å². The third-order valence-electron chi connectivity index (χ3n) is 1.34. The van der Waals surface area contributed by atoms with Crippen LogP contribution in [0.5, 0.6) is 0 Å². The van der Waals surface area contributed by atoms with E-state index in [0.29, 0.717) is 20.1 Å². The Labute approximate surface area is 89.6 Å². The van der Waals surface area contributed by atoms with Crippen molar-refractivity contribution in [2.24, 2.45) is 0 Å². The van der Waals surface area contributed by atoms with Gasteiger partial charge in [-0.25, -0.2) is 0 Å². The normalized spacial score (nSPS) is 23.8. The van der Waals surface area contributed by atoms with Crippen LogP contribution in [-0.4, -0.2) is 38.7 Å². The van der Waals surface area contributed by atoms with Gasteiger partial charge in [-0.1, -0.05) is 0 Å². The molecule has 1 saturated heterocycles. The summed E-state index contributed by atoms with van der Waals surface area (Å²) in [6, 6.07) is 0. The van der Waals surface area contributed by atoms with Gasteiger partial charge in [0.1, 0.15) is 0 Å². The first-order valence-corrected chi connectivity index (χ1v) is 8.86.